The van der Waals surface area contributed by atoms with Crippen molar-refractivity contribution in [1.82, 2.24) is 40.8 Å². The van der Waals surface area contributed by atoms with Gasteiger partial charge in [-0.2, -0.15) is 0 Å². The van der Waals surface area contributed by atoms with E-state index in [1.807, 2.05) is 42.6 Å². The van der Waals surface area contributed by atoms with Crippen molar-refractivity contribution in [2.75, 3.05) is 39.2 Å². The van der Waals surface area contributed by atoms with Crippen LogP contribution in [0.2, 0.25) is 10.0 Å². The molecule has 2 saturated heterocycles. The number of ether oxygens (including phenoxy) is 1. The summed E-state index contributed by atoms with van der Waals surface area (Å²) >= 11 is 14.1. The molecule has 51 heavy (non-hydrogen) atoms. The molecule has 4 aromatic rings. The first-order chi connectivity index (χ1) is 24.7. The number of methoxy groups -OCH3 is 1. The first-order valence-corrected chi connectivity index (χ1v) is 17.7. The summed E-state index contributed by atoms with van der Waals surface area (Å²) < 4.78 is 7.35. The van der Waals surface area contributed by atoms with Gasteiger partial charge in [0.25, 0.3) is 5.91 Å². The molecule has 2 fully saturated rings. The number of benzene rings is 1. The fourth-order valence-electron chi connectivity index (χ4n) is 6.77. The highest BCUT2D eigenvalue weighted by molar-refractivity contribution is 6.39. The third-order valence-electron chi connectivity index (χ3n) is 9.58. The van der Waals surface area contributed by atoms with Gasteiger partial charge in [0.05, 0.1) is 28.5 Å². The molecule has 13 nitrogen and oxygen atoms in total. The Bertz CT molecular complexity index is 1990. The quantitative estimate of drug-likeness (QED) is 0.147. The van der Waals surface area contributed by atoms with Crippen LogP contribution in [0.4, 0.5) is 0 Å². The molecule has 3 amide bonds. The third-order valence-corrected chi connectivity index (χ3v) is 10.4. The second-order valence-corrected chi connectivity index (χ2v) is 13.7. The van der Waals surface area contributed by atoms with Gasteiger partial charge in [0.15, 0.2) is 0 Å². The number of hydrogen-bond acceptors (Lipinski definition) is 9. The highest BCUT2D eigenvalue weighted by Crippen LogP contribution is 2.42. The van der Waals surface area contributed by atoms with E-state index in [0.29, 0.717) is 94.3 Å². The fourth-order valence-corrected chi connectivity index (χ4v) is 7.42. The third kappa shape index (κ3) is 7.24. The zero-order chi connectivity index (χ0) is 35.6. The van der Waals surface area contributed by atoms with E-state index >= 15 is 0 Å². The predicted molar refractivity (Wildman–Crippen MR) is 195 cm³/mol. The van der Waals surface area contributed by atoms with Gasteiger partial charge in [-0.15, -0.1) is 0 Å². The second-order valence-electron chi connectivity index (χ2n) is 13.0. The molecule has 0 radical (unpaired) electrons. The molecule has 3 aliphatic rings. The molecular weight excluding hydrogens is 693 g/mol. The Hall–Kier alpha value is -4.69. The second kappa shape index (κ2) is 14.9. The van der Waals surface area contributed by atoms with Crippen molar-refractivity contribution in [3.63, 3.8) is 0 Å². The van der Waals surface area contributed by atoms with Gasteiger partial charge >= 0.3 is 0 Å². The Morgan fingerprint density at radius 1 is 0.902 bits per heavy atom. The first kappa shape index (κ1) is 34.7. The molecule has 266 valence electrons. The number of nitrogens with zero attached hydrogens (tertiary/aromatic N) is 4. The molecule has 1 unspecified atom stereocenters. The summed E-state index contributed by atoms with van der Waals surface area (Å²) in [6.45, 7) is 2.32. The molecule has 3 aromatic heterocycles. The Labute approximate surface area is 305 Å². The van der Waals surface area contributed by atoms with Gasteiger partial charge in [0, 0.05) is 98.4 Å². The lowest BCUT2D eigenvalue weighted by Crippen LogP contribution is -2.55. The molecule has 3 atom stereocenters. The van der Waals surface area contributed by atoms with Crippen LogP contribution in [0.15, 0.2) is 54.9 Å². The van der Waals surface area contributed by atoms with E-state index in [1.54, 1.807) is 36.0 Å². The topological polar surface area (TPSA) is 155 Å². The summed E-state index contributed by atoms with van der Waals surface area (Å²) in [7, 11) is 3.34. The van der Waals surface area contributed by atoms with Gasteiger partial charge in [-0.3, -0.25) is 24.0 Å². The maximum Gasteiger partial charge on any atom is 0.273 e. The minimum absolute atomic E-state index is 0.0711. The zero-order valence-corrected chi connectivity index (χ0v) is 29.8. The molecule has 0 aliphatic carbocycles. The number of aromatic nitrogens is 3. The number of hydrogen-bond donors (Lipinski definition) is 5. The lowest BCUT2D eigenvalue weighted by atomic mass is 10.00. The van der Waals surface area contributed by atoms with Crippen molar-refractivity contribution < 1.29 is 19.1 Å². The minimum Gasteiger partial charge on any atom is -0.481 e. The molecule has 3 aliphatic heterocycles. The number of nitrogens with one attached hydrogen (secondary N) is 5. The summed E-state index contributed by atoms with van der Waals surface area (Å²) in [5.41, 5.74) is 8.65. The Balaban J connectivity index is 1.09. The van der Waals surface area contributed by atoms with Crippen LogP contribution < -0.4 is 31.4 Å². The highest BCUT2D eigenvalue weighted by atomic mass is 35.5. The van der Waals surface area contributed by atoms with E-state index in [0.717, 1.165) is 18.4 Å². The van der Waals surface area contributed by atoms with Crippen LogP contribution in [-0.2, 0) is 16.1 Å². The normalized spacial score (nSPS) is 19.9. The molecular formula is C36H39Cl2N9O4. The number of carbonyl (C=O) groups excluding carboxylic acids is 3. The average molecular weight is 733 g/mol. The average Bonchev–Trinajstić information content (AvgIpc) is 3.87. The number of rotatable bonds is 12. The Morgan fingerprint density at radius 2 is 1.61 bits per heavy atom. The molecule has 0 spiro atoms. The van der Waals surface area contributed by atoms with Gasteiger partial charge in [-0.05, 0) is 31.0 Å². The van der Waals surface area contributed by atoms with E-state index in [4.69, 9.17) is 32.9 Å². The summed E-state index contributed by atoms with van der Waals surface area (Å²) in [6, 6.07) is 13.4. The monoisotopic (exact) mass is 731 g/mol. The van der Waals surface area contributed by atoms with E-state index < -0.39 is 0 Å². The maximum absolute atomic E-state index is 13.4. The van der Waals surface area contributed by atoms with Crippen LogP contribution in [0.1, 0.15) is 41.7 Å². The van der Waals surface area contributed by atoms with Gasteiger partial charge in [-0.1, -0.05) is 47.5 Å². The van der Waals surface area contributed by atoms with Crippen LogP contribution in [0.25, 0.3) is 33.6 Å². The number of likely N-dealkylation sites (N-methyl/N-ethyl adjacent to an activating group) is 1. The molecule has 6 heterocycles. The molecule has 5 N–H and O–H groups in total. The van der Waals surface area contributed by atoms with Crippen LogP contribution in [-0.4, -0.2) is 89.3 Å². The Kier molecular flexibility index (Phi) is 10.1. The van der Waals surface area contributed by atoms with Crippen LogP contribution in [0.5, 0.6) is 5.88 Å². The van der Waals surface area contributed by atoms with Gasteiger partial charge in [-0.25, -0.2) is 4.98 Å². The van der Waals surface area contributed by atoms with Crippen LogP contribution >= 0.6 is 23.2 Å². The minimum atomic E-state index is -0.308. The van der Waals surface area contributed by atoms with Crippen LogP contribution in [0, 0.1) is 0 Å². The van der Waals surface area contributed by atoms with Gasteiger partial charge < -0.3 is 36.3 Å². The van der Waals surface area contributed by atoms with E-state index in [9.17, 15) is 14.4 Å². The Morgan fingerprint density at radius 3 is 2.31 bits per heavy atom. The number of halogens is 2. The van der Waals surface area contributed by atoms with Crippen molar-refractivity contribution in [2.45, 2.75) is 50.5 Å². The lowest BCUT2D eigenvalue weighted by Gasteiger charge is -2.35. The summed E-state index contributed by atoms with van der Waals surface area (Å²) in [6.07, 6.45) is 5.91. The SMILES string of the molecule is COc1nc(-c2cccc(-c3ccnc(-c4cc5n(c4)NC(CNC[C@@H]4CCC(=O)N4)N(C)C5=O)c3Cl)c2Cl)ccc1CNC[C@@H]1CCC(=O)N1. The summed E-state index contributed by atoms with van der Waals surface area (Å²) in [5.74, 6) is 0.497. The van der Waals surface area contributed by atoms with Crippen LogP contribution in [0.3, 0.4) is 0 Å². The predicted octanol–water partition coefficient (Wildman–Crippen LogP) is 3.79. The number of amides is 3. The van der Waals surface area contributed by atoms with Crippen molar-refractivity contribution in [1.29, 1.82) is 0 Å². The number of carbonyl (C=O) groups is 3. The van der Waals surface area contributed by atoms with E-state index in [1.165, 1.54) is 0 Å². The van der Waals surface area contributed by atoms with Crippen molar-refractivity contribution in [3.05, 3.63) is 76.2 Å². The largest absolute Gasteiger partial charge is 0.481 e. The molecule has 1 aromatic carbocycles. The van der Waals surface area contributed by atoms with Gasteiger partial charge in [0.2, 0.25) is 17.7 Å². The number of fused-ring (bicyclic) bond motifs is 1. The van der Waals surface area contributed by atoms with Crippen molar-refractivity contribution in [3.8, 4) is 39.5 Å². The lowest BCUT2D eigenvalue weighted by molar-refractivity contribution is -0.120. The fraction of sp³-hybridized carbons (Fsp3) is 0.361. The number of pyridine rings is 2. The molecule has 0 bridgehead atoms. The van der Waals surface area contributed by atoms with Crippen molar-refractivity contribution >= 4 is 40.9 Å². The van der Waals surface area contributed by atoms with E-state index in [2.05, 4.69) is 31.7 Å². The highest BCUT2D eigenvalue weighted by Gasteiger charge is 2.31. The first-order valence-electron chi connectivity index (χ1n) is 16.9. The maximum atomic E-state index is 13.4. The molecule has 7 rings (SSSR count). The standard InChI is InChI=1S/C36H39Cl2N9O4/c1-46-29(18-40-17-23-8-11-31(49)43-23)45-47-19-21(14-28(47)36(46)50)34-33(38)25(12-13-41-34)24-4-3-5-26(32(24)37)27-9-6-20(35(44-27)51-2)15-39-16-22-7-10-30(48)42-22/h3-6,9,12-14,19,22-23,29,39-40,45H,7-8,10-11,15-18H2,1-2H3,(H,42,48)(H,43,49)/t22-,23-,29?/m0/s1. The van der Waals surface area contributed by atoms with Gasteiger partial charge in [0.1, 0.15) is 11.9 Å². The summed E-state index contributed by atoms with van der Waals surface area (Å²) in [4.78, 5) is 47.5. The van der Waals surface area contributed by atoms with Crippen molar-refractivity contribution in [2.24, 2.45) is 0 Å². The molecule has 0 saturated carbocycles. The zero-order valence-electron chi connectivity index (χ0n) is 28.3. The smallest absolute Gasteiger partial charge is 0.273 e. The summed E-state index contributed by atoms with van der Waals surface area (Å²) in [5, 5.41) is 13.5. The molecule has 15 heteroatoms. The van der Waals surface area contributed by atoms with E-state index in [-0.39, 0.29) is 36.0 Å².